The molecule has 2 aliphatic heterocycles. The third-order valence-electron chi connectivity index (χ3n) is 5.93. The van der Waals surface area contributed by atoms with Gasteiger partial charge in [0.15, 0.2) is 11.5 Å². The minimum absolute atomic E-state index is 0.345. The first-order valence-corrected chi connectivity index (χ1v) is 11.3. The monoisotopic (exact) mass is 436 g/mol. The number of ether oxygens (including phenoxy) is 4. The Morgan fingerprint density at radius 1 is 0.871 bits per heavy atom. The van der Waals surface area contributed by atoms with E-state index in [-0.39, 0.29) is 6.10 Å². The molecule has 0 aliphatic carbocycles. The molecule has 1 saturated heterocycles. The molecule has 0 amide bonds. The van der Waals surface area contributed by atoms with Gasteiger partial charge < -0.3 is 33.9 Å². The van der Waals surface area contributed by atoms with E-state index in [4.69, 9.17) is 18.9 Å². The van der Waals surface area contributed by atoms with Crippen molar-refractivity contribution in [3.63, 3.8) is 0 Å². The number of benzene rings is 1. The number of hydrogen-bond donors (Lipinski definition) is 1. The van der Waals surface area contributed by atoms with Gasteiger partial charge in [-0.3, -0.25) is 0 Å². The van der Waals surface area contributed by atoms with E-state index in [1.54, 1.807) is 12.1 Å². The van der Waals surface area contributed by atoms with Gasteiger partial charge in [0.2, 0.25) is 5.75 Å². The summed E-state index contributed by atoms with van der Waals surface area (Å²) in [5.41, 5.74) is 0.371. The fraction of sp³-hybridized carbons (Fsp3) is 0.696. The first-order chi connectivity index (χ1) is 15.1. The molecule has 0 spiro atoms. The number of carbonyl (C=O) groups excluding carboxylic acids is 1. The lowest BCUT2D eigenvalue weighted by Crippen LogP contribution is -2.33. The summed E-state index contributed by atoms with van der Waals surface area (Å²) < 4.78 is 22.2. The van der Waals surface area contributed by atoms with E-state index in [2.05, 4.69) is 9.80 Å². The molecule has 2 aliphatic rings. The topological polar surface area (TPSA) is 80.7 Å². The molecule has 2 heterocycles. The summed E-state index contributed by atoms with van der Waals surface area (Å²) in [6.45, 7) is 6.76. The molecule has 0 aromatic heterocycles. The normalized spacial score (nSPS) is 26.4. The Morgan fingerprint density at radius 3 is 2.32 bits per heavy atom. The van der Waals surface area contributed by atoms with Crippen LogP contribution in [0.25, 0.3) is 0 Å². The third-order valence-corrected chi connectivity index (χ3v) is 5.93. The van der Waals surface area contributed by atoms with Crippen LogP contribution in [0.1, 0.15) is 42.5 Å². The second-order valence-corrected chi connectivity index (χ2v) is 8.17. The highest BCUT2D eigenvalue weighted by Gasteiger charge is 2.20. The van der Waals surface area contributed by atoms with E-state index in [1.807, 2.05) is 0 Å². The Bertz CT molecular complexity index is 714. The molecule has 4 bridgehead atoms. The lowest BCUT2D eigenvalue weighted by atomic mass is 10.1. The number of methoxy groups -OCH3 is 2. The van der Waals surface area contributed by atoms with Gasteiger partial charge in [0.25, 0.3) is 0 Å². The summed E-state index contributed by atoms with van der Waals surface area (Å²) in [5.74, 6) is 0.902. The molecule has 31 heavy (non-hydrogen) atoms. The van der Waals surface area contributed by atoms with Crippen molar-refractivity contribution in [1.82, 2.24) is 9.80 Å². The van der Waals surface area contributed by atoms with E-state index in [0.717, 1.165) is 58.5 Å². The van der Waals surface area contributed by atoms with Gasteiger partial charge in [-0.25, -0.2) is 4.79 Å². The smallest absolute Gasteiger partial charge is 0.338 e. The number of carbonyl (C=O) groups is 1. The van der Waals surface area contributed by atoms with Gasteiger partial charge in [0.05, 0.1) is 39.1 Å². The van der Waals surface area contributed by atoms with Crippen LogP contribution in [-0.4, -0.2) is 93.7 Å². The number of nitrogens with zero attached hydrogens (tertiary/aromatic N) is 2. The van der Waals surface area contributed by atoms with E-state index >= 15 is 0 Å². The second-order valence-electron chi connectivity index (χ2n) is 8.17. The van der Waals surface area contributed by atoms with E-state index in [1.165, 1.54) is 14.2 Å². The molecule has 0 radical (unpaired) electrons. The number of cyclic esters (lactones) is 1. The Morgan fingerprint density at radius 2 is 1.58 bits per heavy atom. The summed E-state index contributed by atoms with van der Waals surface area (Å²) in [6.07, 6.45) is 3.72. The highest BCUT2D eigenvalue weighted by atomic mass is 16.5. The summed E-state index contributed by atoms with van der Waals surface area (Å²) in [7, 11) is 3.06. The number of esters is 1. The van der Waals surface area contributed by atoms with E-state index < -0.39 is 5.97 Å². The van der Waals surface area contributed by atoms with Gasteiger partial charge >= 0.3 is 5.97 Å². The Kier molecular flexibility index (Phi) is 9.24. The molecule has 1 aromatic carbocycles. The molecule has 174 valence electrons. The van der Waals surface area contributed by atoms with Crippen molar-refractivity contribution in [2.75, 3.05) is 66.7 Å². The maximum Gasteiger partial charge on any atom is 0.338 e. The number of rotatable bonds is 2. The van der Waals surface area contributed by atoms with Crippen LogP contribution in [0, 0.1) is 0 Å². The Labute approximate surface area is 185 Å². The first-order valence-electron chi connectivity index (χ1n) is 11.3. The summed E-state index contributed by atoms with van der Waals surface area (Å²) in [4.78, 5) is 17.5. The molecular formula is C23H36N2O6. The van der Waals surface area contributed by atoms with Crippen molar-refractivity contribution in [1.29, 1.82) is 0 Å². The lowest BCUT2D eigenvalue weighted by Gasteiger charge is -2.22. The van der Waals surface area contributed by atoms with Gasteiger partial charge in [0.1, 0.15) is 0 Å². The predicted molar refractivity (Wildman–Crippen MR) is 117 cm³/mol. The highest BCUT2D eigenvalue weighted by Crippen LogP contribution is 2.38. The van der Waals surface area contributed by atoms with Crippen LogP contribution in [0.15, 0.2) is 12.1 Å². The van der Waals surface area contributed by atoms with Gasteiger partial charge in [0, 0.05) is 26.2 Å². The van der Waals surface area contributed by atoms with Crippen molar-refractivity contribution < 1.29 is 28.8 Å². The first kappa shape index (κ1) is 23.6. The Hall–Kier alpha value is -2.03. The molecule has 0 saturated carbocycles. The van der Waals surface area contributed by atoms with Crippen molar-refractivity contribution in [3.8, 4) is 17.2 Å². The number of fused-ring (bicyclic) bond motifs is 5. The number of aliphatic hydroxyl groups excluding tert-OH is 1. The standard InChI is InChI=1S/C23H36N2O6/c1-28-20-16-18-17-21(22(20)29-2)30-14-3-6-19(26)7-11-25-9-4-8-24(12-13-25)10-5-15-31-23(18)27/h16-17,19,26H,3-15H2,1-2H3/t19-/m0/s1. The average molecular weight is 437 g/mol. The molecule has 1 fully saturated rings. The Balaban J connectivity index is 1.73. The fourth-order valence-corrected chi connectivity index (χ4v) is 4.14. The largest absolute Gasteiger partial charge is 0.493 e. The second kappa shape index (κ2) is 12.1. The van der Waals surface area contributed by atoms with Crippen LogP contribution in [-0.2, 0) is 4.74 Å². The maximum absolute atomic E-state index is 12.6. The summed E-state index contributed by atoms with van der Waals surface area (Å²) in [5, 5.41) is 10.4. The van der Waals surface area contributed by atoms with Crippen LogP contribution in [0.2, 0.25) is 0 Å². The molecule has 1 N–H and O–H groups in total. The predicted octanol–water partition coefficient (Wildman–Crippen LogP) is 2.18. The van der Waals surface area contributed by atoms with Crippen LogP contribution < -0.4 is 14.2 Å². The lowest BCUT2D eigenvalue weighted by molar-refractivity contribution is 0.0487. The maximum atomic E-state index is 12.6. The summed E-state index contributed by atoms with van der Waals surface area (Å²) in [6, 6.07) is 3.25. The number of aliphatic hydroxyl groups is 1. The van der Waals surface area contributed by atoms with E-state index in [9.17, 15) is 9.90 Å². The van der Waals surface area contributed by atoms with Crippen LogP contribution >= 0.6 is 0 Å². The molecule has 3 atom stereocenters. The molecule has 8 nitrogen and oxygen atoms in total. The van der Waals surface area contributed by atoms with Crippen LogP contribution in [0.3, 0.4) is 0 Å². The van der Waals surface area contributed by atoms with Gasteiger partial charge in [-0.2, -0.15) is 0 Å². The van der Waals surface area contributed by atoms with E-state index in [0.29, 0.717) is 48.9 Å². The van der Waals surface area contributed by atoms with Crippen molar-refractivity contribution in [3.05, 3.63) is 17.7 Å². The van der Waals surface area contributed by atoms with Crippen LogP contribution in [0.4, 0.5) is 0 Å². The minimum Gasteiger partial charge on any atom is -0.493 e. The fourth-order valence-electron chi connectivity index (χ4n) is 4.14. The zero-order chi connectivity index (χ0) is 22.1. The van der Waals surface area contributed by atoms with Gasteiger partial charge in [-0.1, -0.05) is 0 Å². The average Bonchev–Trinajstić information content (AvgIpc) is 3.02. The summed E-state index contributed by atoms with van der Waals surface area (Å²) >= 11 is 0. The van der Waals surface area contributed by atoms with Gasteiger partial charge in [-0.15, -0.1) is 0 Å². The zero-order valence-electron chi connectivity index (χ0n) is 18.8. The minimum atomic E-state index is -0.402. The van der Waals surface area contributed by atoms with Gasteiger partial charge in [-0.05, 0) is 57.3 Å². The van der Waals surface area contributed by atoms with Crippen molar-refractivity contribution in [2.24, 2.45) is 0 Å². The van der Waals surface area contributed by atoms with Crippen molar-refractivity contribution >= 4 is 5.97 Å². The zero-order valence-corrected chi connectivity index (χ0v) is 18.8. The molecule has 3 rings (SSSR count). The van der Waals surface area contributed by atoms with Crippen molar-refractivity contribution in [2.45, 2.75) is 38.2 Å². The SMILES string of the molecule is COc1cc2cc(c1OC)OCCC[C@H](O)CCN1CCCN(CCCOC2=O)CC1. The molecule has 1 aromatic rings. The molecular weight excluding hydrogens is 400 g/mol. The van der Waals surface area contributed by atoms with Crippen LogP contribution in [0.5, 0.6) is 17.2 Å². The third kappa shape index (κ3) is 6.98. The quantitative estimate of drug-likeness (QED) is 0.707. The highest BCUT2D eigenvalue weighted by molar-refractivity contribution is 5.91. The number of hydrogen-bond acceptors (Lipinski definition) is 8. The molecule has 8 heteroatoms. The molecule has 2 unspecified atom stereocenters.